The maximum absolute atomic E-state index is 13.9. The van der Waals surface area contributed by atoms with Gasteiger partial charge in [-0.2, -0.15) is 0 Å². The van der Waals surface area contributed by atoms with Gasteiger partial charge in [0, 0.05) is 32.6 Å². The lowest BCUT2D eigenvalue weighted by atomic mass is 9.68. The number of nitrogens with zero attached hydrogens (tertiary/aromatic N) is 3. The number of nitrogens with one attached hydrogen (secondary N) is 2. The molecule has 0 bridgehead atoms. The first-order valence-electron chi connectivity index (χ1n) is 12.1. The van der Waals surface area contributed by atoms with Crippen LogP contribution < -0.4 is 10.6 Å². The minimum Gasteiger partial charge on any atom is -0.373 e. The highest BCUT2D eigenvalue weighted by atomic mass is 16.2. The minimum absolute atomic E-state index is 0.195. The van der Waals surface area contributed by atoms with Gasteiger partial charge in [-0.1, -0.05) is 49.1 Å². The average Bonchev–Trinajstić information content (AvgIpc) is 2.84. The zero-order chi connectivity index (χ0) is 22.6. The number of carbonyl (C=O) groups excluding carboxylic acids is 1. The van der Waals surface area contributed by atoms with Crippen molar-refractivity contribution in [3.8, 4) is 0 Å². The normalized spacial score (nSPS) is 20.5. The van der Waals surface area contributed by atoms with E-state index in [0.29, 0.717) is 18.3 Å². The Labute approximate surface area is 192 Å². The number of amides is 1. The first-order chi connectivity index (χ1) is 15.5. The molecule has 1 aliphatic carbocycles. The third-order valence-corrected chi connectivity index (χ3v) is 7.21. The Balaban J connectivity index is 1.58. The van der Waals surface area contributed by atoms with E-state index in [1.165, 1.54) is 12.0 Å². The van der Waals surface area contributed by atoms with Crippen LogP contribution in [0.15, 0.2) is 30.3 Å². The van der Waals surface area contributed by atoms with Gasteiger partial charge < -0.3 is 15.5 Å². The molecule has 1 atom stereocenters. The van der Waals surface area contributed by atoms with Gasteiger partial charge in [-0.25, -0.2) is 9.97 Å². The fourth-order valence-corrected chi connectivity index (χ4v) is 5.33. The van der Waals surface area contributed by atoms with E-state index in [1.807, 2.05) is 19.0 Å². The van der Waals surface area contributed by atoms with E-state index in [4.69, 9.17) is 4.98 Å². The first kappa shape index (κ1) is 22.7. The molecule has 1 aromatic carbocycles. The Morgan fingerprint density at radius 1 is 1.16 bits per heavy atom. The van der Waals surface area contributed by atoms with Crippen molar-refractivity contribution in [3.63, 3.8) is 0 Å². The molecular formula is C26H37N5O. The first-order valence-corrected chi connectivity index (χ1v) is 12.1. The summed E-state index contributed by atoms with van der Waals surface area (Å²) in [7, 11) is 3.79. The second kappa shape index (κ2) is 9.99. The Hall–Kier alpha value is -2.47. The highest BCUT2D eigenvalue weighted by Gasteiger charge is 2.42. The molecule has 6 heteroatoms. The van der Waals surface area contributed by atoms with E-state index in [1.54, 1.807) is 0 Å². The van der Waals surface area contributed by atoms with Crippen LogP contribution in [0, 0.1) is 6.92 Å². The highest BCUT2D eigenvalue weighted by Crippen LogP contribution is 2.41. The number of hydrogen-bond donors (Lipinski definition) is 2. The van der Waals surface area contributed by atoms with Gasteiger partial charge in [0.1, 0.15) is 11.6 Å². The molecule has 4 rings (SSSR count). The maximum Gasteiger partial charge on any atom is 0.233 e. The molecule has 2 N–H and O–H groups in total. The zero-order valence-electron chi connectivity index (χ0n) is 19.8. The molecule has 6 nitrogen and oxygen atoms in total. The number of hydrogen-bond acceptors (Lipinski definition) is 5. The van der Waals surface area contributed by atoms with Crippen LogP contribution in [0.1, 0.15) is 73.5 Å². The summed E-state index contributed by atoms with van der Waals surface area (Å²) in [6, 6.07) is 10.6. The van der Waals surface area contributed by atoms with Crippen LogP contribution in [0.2, 0.25) is 0 Å². The van der Waals surface area contributed by atoms with E-state index in [2.05, 4.69) is 52.9 Å². The van der Waals surface area contributed by atoms with Crippen molar-refractivity contribution in [3.05, 3.63) is 53.0 Å². The fourth-order valence-electron chi connectivity index (χ4n) is 5.33. The molecule has 32 heavy (non-hydrogen) atoms. The van der Waals surface area contributed by atoms with Crippen LogP contribution in [0.3, 0.4) is 0 Å². The van der Waals surface area contributed by atoms with Crippen LogP contribution in [0.25, 0.3) is 0 Å². The number of benzene rings is 1. The van der Waals surface area contributed by atoms with Gasteiger partial charge in [-0.05, 0) is 44.7 Å². The molecule has 1 aliphatic heterocycles. The summed E-state index contributed by atoms with van der Waals surface area (Å²) in [5.74, 6) is 2.13. The third-order valence-electron chi connectivity index (χ3n) is 7.21. The minimum atomic E-state index is -0.433. The van der Waals surface area contributed by atoms with Crippen LogP contribution in [0.5, 0.6) is 0 Å². The quantitative estimate of drug-likeness (QED) is 0.713. The molecule has 1 unspecified atom stereocenters. The Morgan fingerprint density at radius 3 is 2.56 bits per heavy atom. The third kappa shape index (κ3) is 4.80. The monoisotopic (exact) mass is 435 g/mol. The number of rotatable bonds is 6. The summed E-state index contributed by atoms with van der Waals surface area (Å²) in [5, 5.41) is 6.65. The SMILES string of the molecule is CNc1cc(C2CCCNC2)nc(CN(C)C(=O)C2(c3ccc(C)cc3)CCCCC2)n1. The standard InChI is InChI=1S/C26H37N5O/c1-19-9-11-21(12-10-19)26(13-5-4-6-14-26)25(32)31(3)18-24-29-22(16-23(27-2)30-24)20-8-7-15-28-17-20/h9-12,16,20,28H,4-8,13-15,17-18H2,1-3H3,(H,27,29,30). The van der Waals surface area contributed by atoms with Crippen molar-refractivity contribution >= 4 is 11.7 Å². The Bertz CT molecular complexity index is 914. The van der Waals surface area contributed by atoms with Gasteiger partial charge in [0.2, 0.25) is 5.91 Å². The topological polar surface area (TPSA) is 70.2 Å². The fraction of sp³-hybridized carbons (Fsp3) is 0.577. The lowest BCUT2D eigenvalue weighted by Crippen LogP contribution is -2.46. The molecule has 2 aliphatic rings. The van der Waals surface area contributed by atoms with Gasteiger partial charge in [0.05, 0.1) is 17.7 Å². The number of piperidine rings is 1. The summed E-state index contributed by atoms with van der Waals surface area (Å²) in [4.78, 5) is 25.3. The van der Waals surface area contributed by atoms with E-state index in [-0.39, 0.29) is 5.91 Å². The predicted octanol–water partition coefficient (Wildman–Crippen LogP) is 4.15. The van der Waals surface area contributed by atoms with E-state index in [9.17, 15) is 4.79 Å². The number of aromatic nitrogens is 2. The number of carbonyl (C=O) groups is 1. The molecular weight excluding hydrogens is 398 g/mol. The molecule has 1 aromatic heterocycles. The lowest BCUT2D eigenvalue weighted by Gasteiger charge is -2.39. The van der Waals surface area contributed by atoms with Gasteiger partial charge >= 0.3 is 0 Å². The number of anilines is 1. The van der Waals surface area contributed by atoms with E-state index >= 15 is 0 Å². The number of aryl methyl sites for hydroxylation is 1. The zero-order valence-corrected chi connectivity index (χ0v) is 19.8. The second-order valence-corrected chi connectivity index (χ2v) is 9.56. The van der Waals surface area contributed by atoms with Gasteiger partial charge in [0.25, 0.3) is 0 Å². The molecule has 172 valence electrons. The summed E-state index contributed by atoms with van der Waals surface area (Å²) in [5.41, 5.74) is 3.01. The summed E-state index contributed by atoms with van der Waals surface area (Å²) in [6.45, 7) is 4.54. The summed E-state index contributed by atoms with van der Waals surface area (Å²) >= 11 is 0. The summed E-state index contributed by atoms with van der Waals surface area (Å²) < 4.78 is 0. The largest absolute Gasteiger partial charge is 0.373 e. The van der Waals surface area contributed by atoms with Crippen LogP contribution >= 0.6 is 0 Å². The van der Waals surface area contributed by atoms with Crippen LogP contribution in [0.4, 0.5) is 5.82 Å². The maximum atomic E-state index is 13.9. The van der Waals surface area contributed by atoms with E-state index < -0.39 is 5.41 Å². The molecule has 2 fully saturated rings. The van der Waals surface area contributed by atoms with Crippen molar-refractivity contribution in [2.75, 3.05) is 32.5 Å². The van der Waals surface area contributed by atoms with Crippen LogP contribution in [-0.4, -0.2) is 48.0 Å². The van der Waals surface area contributed by atoms with Crippen molar-refractivity contribution in [1.29, 1.82) is 0 Å². The second-order valence-electron chi connectivity index (χ2n) is 9.56. The molecule has 1 saturated heterocycles. The molecule has 1 saturated carbocycles. The lowest BCUT2D eigenvalue weighted by molar-refractivity contribution is -0.138. The van der Waals surface area contributed by atoms with Crippen molar-refractivity contribution in [1.82, 2.24) is 20.2 Å². The van der Waals surface area contributed by atoms with Gasteiger partial charge in [-0.3, -0.25) is 4.79 Å². The van der Waals surface area contributed by atoms with Crippen molar-refractivity contribution < 1.29 is 4.79 Å². The highest BCUT2D eigenvalue weighted by molar-refractivity contribution is 5.88. The Morgan fingerprint density at radius 2 is 1.91 bits per heavy atom. The smallest absolute Gasteiger partial charge is 0.233 e. The number of likely N-dealkylation sites (N-methyl/N-ethyl adjacent to an activating group) is 1. The average molecular weight is 436 g/mol. The summed E-state index contributed by atoms with van der Waals surface area (Å²) in [6.07, 6.45) is 7.52. The molecule has 2 aromatic rings. The molecule has 0 spiro atoms. The van der Waals surface area contributed by atoms with Crippen molar-refractivity contribution in [2.45, 2.75) is 69.7 Å². The molecule has 2 heterocycles. The van der Waals surface area contributed by atoms with Gasteiger partial charge in [0.15, 0.2) is 0 Å². The van der Waals surface area contributed by atoms with Crippen LogP contribution in [-0.2, 0) is 16.8 Å². The van der Waals surface area contributed by atoms with E-state index in [0.717, 1.165) is 68.7 Å². The van der Waals surface area contributed by atoms with Crippen molar-refractivity contribution in [2.24, 2.45) is 0 Å². The Kier molecular flexibility index (Phi) is 7.09. The molecule has 1 amide bonds. The van der Waals surface area contributed by atoms with Gasteiger partial charge in [-0.15, -0.1) is 0 Å². The predicted molar refractivity (Wildman–Crippen MR) is 129 cm³/mol. The molecule has 0 radical (unpaired) electrons.